The van der Waals surface area contributed by atoms with E-state index in [1.165, 1.54) is 18.3 Å². The van der Waals surface area contributed by atoms with Crippen molar-refractivity contribution >= 4 is 15.9 Å². The second-order valence-electron chi connectivity index (χ2n) is 4.44. The highest BCUT2D eigenvalue weighted by atomic mass is 79.9. The van der Waals surface area contributed by atoms with Crippen molar-refractivity contribution in [2.45, 2.75) is 19.2 Å². The summed E-state index contributed by atoms with van der Waals surface area (Å²) in [6.45, 7) is 1.80. The zero-order chi connectivity index (χ0) is 14.9. The summed E-state index contributed by atoms with van der Waals surface area (Å²) in [6.07, 6.45) is -2.57. The van der Waals surface area contributed by atoms with Crippen molar-refractivity contribution in [2.24, 2.45) is 0 Å². The van der Waals surface area contributed by atoms with Gasteiger partial charge < -0.3 is 5.11 Å². The number of pyridine rings is 1. The van der Waals surface area contributed by atoms with Gasteiger partial charge in [0.15, 0.2) is 0 Å². The Balaban J connectivity index is 2.43. The van der Waals surface area contributed by atoms with E-state index in [4.69, 9.17) is 0 Å². The molecule has 106 valence electrons. The van der Waals surface area contributed by atoms with E-state index >= 15 is 0 Å². The maximum atomic E-state index is 12.8. The van der Waals surface area contributed by atoms with E-state index in [0.717, 1.165) is 11.6 Å². The van der Waals surface area contributed by atoms with Gasteiger partial charge in [-0.3, -0.25) is 4.98 Å². The summed E-state index contributed by atoms with van der Waals surface area (Å²) < 4.78 is 38.5. The first-order valence-electron chi connectivity index (χ1n) is 5.75. The van der Waals surface area contributed by atoms with Crippen LogP contribution in [0, 0.1) is 6.92 Å². The van der Waals surface area contributed by atoms with Gasteiger partial charge >= 0.3 is 6.18 Å². The van der Waals surface area contributed by atoms with Crippen LogP contribution in [0.25, 0.3) is 0 Å². The highest BCUT2D eigenvalue weighted by molar-refractivity contribution is 9.10. The van der Waals surface area contributed by atoms with E-state index in [1.807, 2.05) is 0 Å². The predicted octanol–water partition coefficient (Wildman–Crippen LogP) is 4.25. The largest absolute Gasteiger partial charge is 0.417 e. The zero-order valence-electron chi connectivity index (χ0n) is 10.4. The average molecular weight is 346 g/mol. The van der Waals surface area contributed by atoms with Crippen LogP contribution in [0.5, 0.6) is 0 Å². The number of aliphatic hydroxyl groups excluding tert-OH is 1. The van der Waals surface area contributed by atoms with Gasteiger partial charge in [0.25, 0.3) is 0 Å². The number of benzene rings is 1. The first-order chi connectivity index (χ1) is 9.29. The Morgan fingerprint density at radius 2 is 1.85 bits per heavy atom. The minimum absolute atomic E-state index is 0.0525. The minimum Gasteiger partial charge on any atom is -0.384 e. The SMILES string of the molecule is Cc1cncc(C(O)c2ccc(Br)c(C(F)(F)F)c2)c1. The van der Waals surface area contributed by atoms with Gasteiger partial charge in [0.2, 0.25) is 0 Å². The van der Waals surface area contributed by atoms with E-state index in [2.05, 4.69) is 20.9 Å². The van der Waals surface area contributed by atoms with Crippen LogP contribution in [0.1, 0.15) is 28.4 Å². The van der Waals surface area contributed by atoms with Gasteiger partial charge in [0.05, 0.1) is 5.56 Å². The van der Waals surface area contributed by atoms with Crippen LogP contribution < -0.4 is 0 Å². The molecule has 0 aliphatic heterocycles. The van der Waals surface area contributed by atoms with Crippen LogP contribution in [-0.2, 0) is 6.18 Å². The molecule has 0 radical (unpaired) electrons. The summed E-state index contributed by atoms with van der Waals surface area (Å²) in [4.78, 5) is 3.93. The van der Waals surface area contributed by atoms with Crippen LogP contribution in [0.2, 0.25) is 0 Å². The summed E-state index contributed by atoms with van der Waals surface area (Å²) in [7, 11) is 0. The first kappa shape index (κ1) is 15.0. The smallest absolute Gasteiger partial charge is 0.384 e. The Bertz CT molecular complexity index is 628. The molecule has 0 saturated heterocycles. The molecule has 1 N–H and O–H groups in total. The molecule has 0 amide bonds. The Hall–Kier alpha value is -1.40. The van der Waals surface area contributed by atoms with Crippen LogP contribution >= 0.6 is 15.9 Å². The lowest BCUT2D eigenvalue weighted by Gasteiger charge is -2.15. The van der Waals surface area contributed by atoms with Gasteiger partial charge in [0.1, 0.15) is 6.10 Å². The summed E-state index contributed by atoms with van der Waals surface area (Å²) >= 11 is 2.87. The molecule has 0 spiro atoms. The summed E-state index contributed by atoms with van der Waals surface area (Å²) in [5.41, 5.74) is 0.651. The third kappa shape index (κ3) is 3.19. The van der Waals surface area contributed by atoms with Crippen molar-refractivity contribution in [1.29, 1.82) is 0 Å². The molecule has 1 aromatic heterocycles. The molecule has 1 atom stereocenters. The quantitative estimate of drug-likeness (QED) is 0.882. The highest BCUT2D eigenvalue weighted by Gasteiger charge is 2.33. The third-order valence-electron chi connectivity index (χ3n) is 2.82. The molecule has 0 saturated carbocycles. The van der Waals surface area contributed by atoms with Crippen molar-refractivity contribution < 1.29 is 18.3 Å². The van der Waals surface area contributed by atoms with E-state index in [0.29, 0.717) is 5.56 Å². The van der Waals surface area contributed by atoms with Crippen LogP contribution in [0.3, 0.4) is 0 Å². The lowest BCUT2D eigenvalue weighted by molar-refractivity contribution is -0.138. The van der Waals surface area contributed by atoms with E-state index in [-0.39, 0.29) is 10.0 Å². The molecule has 1 unspecified atom stereocenters. The molecule has 2 rings (SSSR count). The van der Waals surface area contributed by atoms with Crippen molar-refractivity contribution in [2.75, 3.05) is 0 Å². The molecule has 1 aromatic carbocycles. The standard InChI is InChI=1S/C14H11BrF3NO/c1-8-4-10(7-19-6-8)13(20)9-2-3-12(15)11(5-9)14(16,17)18/h2-7,13,20H,1H3. The Kier molecular flexibility index (Phi) is 4.15. The lowest BCUT2D eigenvalue weighted by Crippen LogP contribution is -2.09. The third-order valence-corrected chi connectivity index (χ3v) is 3.51. The van der Waals surface area contributed by atoms with E-state index in [9.17, 15) is 18.3 Å². The number of aliphatic hydroxyl groups is 1. The van der Waals surface area contributed by atoms with Crippen LogP contribution in [-0.4, -0.2) is 10.1 Å². The summed E-state index contributed by atoms with van der Waals surface area (Å²) in [6, 6.07) is 5.36. The summed E-state index contributed by atoms with van der Waals surface area (Å²) in [5, 5.41) is 10.2. The Labute approximate surface area is 122 Å². The topological polar surface area (TPSA) is 33.1 Å². The summed E-state index contributed by atoms with van der Waals surface area (Å²) in [5.74, 6) is 0. The molecule has 0 bridgehead atoms. The molecule has 2 nitrogen and oxygen atoms in total. The molecular weight excluding hydrogens is 335 g/mol. The molecule has 20 heavy (non-hydrogen) atoms. The van der Waals surface area contributed by atoms with Crippen molar-refractivity contribution in [1.82, 2.24) is 4.98 Å². The van der Waals surface area contributed by atoms with Crippen molar-refractivity contribution in [3.63, 3.8) is 0 Å². The van der Waals surface area contributed by atoms with Gasteiger partial charge in [0, 0.05) is 22.4 Å². The molecule has 2 aromatic rings. The number of hydrogen-bond donors (Lipinski definition) is 1. The number of alkyl halides is 3. The zero-order valence-corrected chi connectivity index (χ0v) is 12.0. The number of halogens is 4. The number of aryl methyl sites for hydroxylation is 1. The fourth-order valence-electron chi connectivity index (χ4n) is 1.85. The number of nitrogens with zero attached hydrogens (tertiary/aromatic N) is 1. The molecule has 0 aliphatic carbocycles. The van der Waals surface area contributed by atoms with Gasteiger partial charge in [-0.15, -0.1) is 0 Å². The van der Waals surface area contributed by atoms with Crippen molar-refractivity contribution in [3.05, 3.63) is 63.4 Å². The number of rotatable bonds is 2. The number of hydrogen-bond acceptors (Lipinski definition) is 2. The van der Waals surface area contributed by atoms with Gasteiger partial charge in [-0.25, -0.2) is 0 Å². The van der Waals surface area contributed by atoms with Gasteiger partial charge in [-0.2, -0.15) is 13.2 Å². The molecular formula is C14H11BrF3NO. The fraction of sp³-hybridized carbons (Fsp3) is 0.214. The van der Waals surface area contributed by atoms with E-state index < -0.39 is 17.8 Å². The molecule has 1 heterocycles. The average Bonchev–Trinajstić information content (AvgIpc) is 2.37. The maximum Gasteiger partial charge on any atom is 0.417 e. The van der Waals surface area contributed by atoms with Crippen molar-refractivity contribution in [3.8, 4) is 0 Å². The highest BCUT2D eigenvalue weighted by Crippen LogP contribution is 2.37. The Morgan fingerprint density at radius 1 is 1.15 bits per heavy atom. The number of aromatic nitrogens is 1. The lowest BCUT2D eigenvalue weighted by atomic mass is 10.00. The second kappa shape index (κ2) is 5.54. The Morgan fingerprint density at radius 3 is 2.45 bits per heavy atom. The van der Waals surface area contributed by atoms with E-state index in [1.54, 1.807) is 19.2 Å². The normalized spacial score (nSPS) is 13.3. The van der Waals surface area contributed by atoms with Crippen LogP contribution in [0.4, 0.5) is 13.2 Å². The monoisotopic (exact) mass is 345 g/mol. The molecule has 0 aliphatic rings. The minimum atomic E-state index is -4.47. The second-order valence-corrected chi connectivity index (χ2v) is 5.29. The molecule has 0 fully saturated rings. The van der Waals surface area contributed by atoms with Gasteiger partial charge in [-0.05, 0) is 30.2 Å². The molecule has 6 heteroatoms. The maximum absolute atomic E-state index is 12.8. The fourth-order valence-corrected chi connectivity index (χ4v) is 2.32. The van der Waals surface area contributed by atoms with Gasteiger partial charge in [-0.1, -0.05) is 28.1 Å². The first-order valence-corrected chi connectivity index (χ1v) is 6.54. The van der Waals surface area contributed by atoms with Crippen LogP contribution in [0.15, 0.2) is 41.1 Å². The predicted molar refractivity (Wildman–Crippen MR) is 72.2 cm³/mol.